The quantitative estimate of drug-likeness (QED) is 0.774. The minimum atomic E-state index is -0.426. The SMILES string of the molecule is CCN(CCNC1CCCC(C)(C)CC1)C(=O)OC(C)(C)C. The van der Waals surface area contributed by atoms with Gasteiger partial charge >= 0.3 is 6.09 Å². The van der Waals surface area contributed by atoms with Crippen LogP contribution in [0, 0.1) is 5.41 Å². The normalized spacial score (nSPS) is 22.0. The van der Waals surface area contributed by atoms with Crippen LogP contribution in [0.4, 0.5) is 4.79 Å². The summed E-state index contributed by atoms with van der Waals surface area (Å²) in [5, 5.41) is 3.63. The van der Waals surface area contributed by atoms with Gasteiger partial charge in [-0.25, -0.2) is 4.79 Å². The Kier molecular flexibility index (Phi) is 7.17. The third-order valence-corrected chi connectivity index (χ3v) is 4.42. The second-order valence-corrected chi connectivity index (χ2v) is 8.31. The number of hydrogen-bond donors (Lipinski definition) is 1. The maximum atomic E-state index is 12.1. The molecule has 1 N–H and O–H groups in total. The monoisotopic (exact) mass is 312 g/mol. The molecule has 130 valence electrons. The fraction of sp³-hybridized carbons (Fsp3) is 0.944. The van der Waals surface area contributed by atoms with E-state index in [2.05, 4.69) is 19.2 Å². The van der Waals surface area contributed by atoms with Crippen molar-refractivity contribution in [3.8, 4) is 0 Å². The van der Waals surface area contributed by atoms with E-state index in [1.54, 1.807) is 4.90 Å². The van der Waals surface area contributed by atoms with Crippen LogP contribution in [-0.2, 0) is 4.74 Å². The van der Waals surface area contributed by atoms with Crippen molar-refractivity contribution >= 4 is 6.09 Å². The summed E-state index contributed by atoms with van der Waals surface area (Å²) in [5.74, 6) is 0. The molecule has 0 aromatic heterocycles. The Morgan fingerprint density at radius 1 is 1.27 bits per heavy atom. The summed E-state index contributed by atoms with van der Waals surface area (Å²) in [7, 11) is 0. The highest BCUT2D eigenvalue weighted by Gasteiger charge is 2.24. The number of nitrogens with zero attached hydrogens (tertiary/aromatic N) is 1. The molecule has 0 aromatic rings. The summed E-state index contributed by atoms with van der Waals surface area (Å²) in [5.41, 5.74) is 0.0627. The van der Waals surface area contributed by atoms with E-state index in [0.29, 0.717) is 24.5 Å². The van der Waals surface area contributed by atoms with Crippen LogP contribution in [0.25, 0.3) is 0 Å². The molecular weight excluding hydrogens is 276 g/mol. The van der Waals surface area contributed by atoms with Crippen molar-refractivity contribution in [2.75, 3.05) is 19.6 Å². The third kappa shape index (κ3) is 7.48. The first-order chi connectivity index (χ1) is 10.1. The number of rotatable bonds is 5. The highest BCUT2D eigenvalue weighted by molar-refractivity contribution is 5.68. The van der Waals surface area contributed by atoms with Crippen LogP contribution in [0.15, 0.2) is 0 Å². The van der Waals surface area contributed by atoms with Crippen molar-refractivity contribution in [1.82, 2.24) is 10.2 Å². The average Bonchev–Trinajstić information content (AvgIpc) is 2.54. The first-order valence-electron chi connectivity index (χ1n) is 8.84. The molecule has 0 aromatic carbocycles. The predicted molar refractivity (Wildman–Crippen MR) is 92.1 cm³/mol. The van der Waals surface area contributed by atoms with Crippen LogP contribution in [0.3, 0.4) is 0 Å². The lowest BCUT2D eigenvalue weighted by atomic mass is 9.85. The second kappa shape index (κ2) is 8.19. The molecule has 1 rings (SSSR count). The van der Waals surface area contributed by atoms with Gasteiger partial charge in [0.15, 0.2) is 0 Å². The van der Waals surface area contributed by atoms with Gasteiger partial charge in [-0.2, -0.15) is 0 Å². The van der Waals surface area contributed by atoms with Gasteiger partial charge in [0.25, 0.3) is 0 Å². The number of hydrogen-bond acceptors (Lipinski definition) is 3. The predicted octanol–water partition coefficient (Wildman–Crippen LogP) is 4.19. The van der Waals surface area contributed by atoms with Crippen molar-refractivity contribution in [1.29, 1.82) is 0 Å². The number of amides is 1. The van der Waals surface area contributed by atoms with Gasteiger partial charge in [-0.15, -0.1) is 0 Å². The second-order valence-electron chi connectivity index (χ2n) is 8.31. The first-order valence-corrected chi connectivity index (χ1v) is 8.84. The molecule has 1 aliphatic carbocycles. The van der Waals surface area contributed by atoms with Crippen molar-refractivity contribution in [2.45, 2.75) is 85.3 Å². The Hall–Kier alpha value is -0.770. The first kappa shape index (κ1) is 19.3. The highest BCUT2D eigenvalue weighted by Crippen LogP contribution is 2.33. The zero-order chi connectivity index (χ0) is 16.8. The van der Waals surface area contributed by atoms with Gasteiger partial charge in [0.1, 0.15) is 5.60 Å². The van der Waals surface area contributed by atoms with Crippen LogP contribution in [0.1, 0.15) is 73.6 Å². The minimum absolute atomic E-state index is 0.209. The van der Waals surface area contributed by atoms with Crippen molar-refractivity contribution < 1.29 is 9.53 Å². The van der Waals surface area contributed by atoms with Crippen LogP contribution >= 0.6 is 0 Å². The van der Waals surface area contributed by atoms with Gasteiger partial charge in [-0.1, -0.05) is 20.3 Å². The number of nitrogens with one attached hydrogen (secondary N) is 1. The van der Waals surface area contributed by atoms with E-state index in [-0.39, 0.29) is 6.09 Å². The van der Waals surface area contributed by atoms with E-state index in [4.69, 9.17) is 4.74 Å². The summed E-state index contributed by atoms with van der Waals surface area (Å²) in [4.78, 5) is 13.9. The van der Waals surface area contributed by atoms with Gasteiger partial charge in [0, 0.05) is 25.7 Å². The Morgan fingerprint density at radius 2 is 1.95 bits per heavy atom. The summed E-state index contributed by atoms with van der Waals surface area (Å²) >= 11 is 0. The molecule has 0 heterocycles. The smallest absolute Gasteiger partial charge is 0.410 e. The Labute approximate surface area is 137 Å². The fourth-order valence-corrected chi connectivity index (χ4v) is 2.97. The highest BCUT2D eigenvalue weighted by atomic mass is 16.6. The Balaban J connectivity index is 2.33. The maximum absolute atomic E-state index is 12.1. The Bertz CT molecular complexity index is 347. The number of likely N-dealkylation sites (N-methyl/N-ethyl adjacent to an activating group) is 1. The van der Waals surface area contributed by atoms with Gasteiger partial charge < -0.3 is 15.0 Å². The summed E-state index contributed by atoms with van der Waals surface area (Å²) < 4.78 is 5.44. The molecule has 0 spiro atoms. The van der Waals surface area contributed by atoms with E-state index in [1.165, 1.54) is 32.1 Å². The van der Waals surface area contributed by atoms with Gasteiger partial charge in [-0.05, 0) is 58.8 Å². The zero-order valence-electron chi connectivity index (χ0n) is 15.5. The molecule has 22 heavy (non-hydrogen) atoms. The summed E-state index contributed by atoms with van der Waals surface area (Å²) in [6, 6.07) is 0.596. The number of carbonyl (C=O) groups excluding carboxylic acids is 1. The fourth-order valence-electron chi connectivity index (χ4n) is 2.97. The minimum Gasteiger partial charge on any atom is -0.444 e. The van der Waals surface area contributed by atoms with Crippen molar-refractivity contribution in [3.05, 3.63) is 0 Å². The van der Waals surface area contributed by atoms with Crippen LogP contribution < -0.4 is 5.32 Å². The molecule has 4 heteroatoms. The molecular formula is C18H36N2O2. The third-order valence-electron chi connectivity index (χ3n) is 4.42. The van der Waals surface area contributed by atoms with Gasteiger partial charge in [0.05, 0.1) is 0 Å². The van der Waals surface area contributed by atoms with Gasteiger partial charge in [0.2, 0.25) is 0 Å². The molecule has 0 aliphatic heterocycles. The van der Waals surface area contributed by atoms with Crippen molar-refractivity contribution in [2.24, 2.45) is 5.41 Å². The molecule has 4 nitrogen and oxygen atoms in total. The van der Waals surface area contributed by atoms with E-state index in [1.807, 2.05) is 27.7 Å². The Morgan fingerprint density at radius 3 is 2.55 bits per heavy atom. The van der Waals surface area contributed by atoms with Gasteiger partial charge in [-0.3, -0.25) is 0 Å². The molecule has 1 atom stereocenters. The number of carbonyl (C=O) groups is 1. The lowest BCUT2D eigenvalue weighted by molar-refractivity contribution is 0.0260. The molecule has 1 aliphatic rings. The van der Waals surface area contributed by atoms with E-state index < -0.39 is 5.60 Å². The average molecular weight is 312 g/mol. The summed E-state index contributed by atoms with van der Waals surface area (Å²) in [6.07, 6.45) is 6.19. The lowest BCUT2D eigenvalue weighted by Gasteiger charge is -2.27. The largest absolute Gasteiger partial charge is 0.444 e. The molecule has 0 saturated heterocycles. The van der Waals surface area contributed by atoms with Crippen LogP contribution in [0.2, 0.25) is 0 Å². The molecule has 1 saturated carbocycles. The van der Waals surface area contributed by atoms with E-state index in [0.717, 1.165) is 6.54 Å². The molecule has 0 radical (unpaired) electrons. The zero-order valence-corrected chi connectivity index (χ0v) is 15.5. The summed E-state index contributed by atoms with van der Waals surface area (Å²) in [6.45, 7) is 14.7. The molecule has 1 amide bonds. The van der Waals surface area contributed by atoms with E-state index in [9.17, 15) is 4.79 Å². The standard InChI is InChI=1S/C18H36N2O2/c1-7-20(16(21)22-17(2,3)4)14-13-19-15-9-8-11-18(5,6)12-10-15/h15,19H,7-14H2,1-6H3. The molecule has 1 unspecified atom stereocenters. The van der Waals surface area contributed by atoms with Crippen molar-refractivity contribution in [3.63, 3.8) is 0 Å². The maximum Gasteiger partial charge on any atom is 0.410 e. The van der Waals surface area contributed by atoms with E-state index >= 15 is 0 Å². The molecule has 1 fully saturated rings. The topological polar surface area (TPSA) is 41.6 Å². The van der Waals surface area contributed by atoms with Crippen LogP contribution in [0.5, 0.6) is 0 Å². The molecule has 0 bridgehead atoms. The number of ether oxygens (including phenoxy) is 1. The lowest BCUT2D eigenvalue weighted by Crippen LogP contribution is -2.42. The van der Waals surface area contributed by atoms with Crippen LogP contribution in [-0.4, -0.2) is 42.3 Å².